The topological polar surface area (TPSA) is 76.0 Å². The van der Waals surface area contributed by atoms with Crippen molar-refractivity contribution in [2.45, 2.75) is 31.3 Å². The monoisotopic (exact) mass is 328 g/mol. The lowest BCUT2D eigenvalue weighted by molar-refractivity contribution is 0.581. The molecule has 0 fully saturated rings. The number of rotatable bonds is 8. The van der Waals surface area contributed by atoms with E-state index >= 15 is 0 Å². The van der Waals surface area contributed by atoms with Crippen molar-refractivity contribution in [3.63, 3.8) is 0 Å². The van der Waals surface area contributed by atoms with Crippen LogP contribution in [0, 0.1) is 0 Å². The standard InChI is InChI=1S/C13H20N4O2S2/c1-3-4-14-8-12-5-13(10-20-12)21(18,19)16-7-11-6-15-17(2)9-11/h5-6,9-10,14,16H,3-4,7-8H2,1-2H3. The van der Waals surface area contributed by atoms with Gasteiger partial charge in [-0.1, -0.05) is 6.92 Å². The predicted molar refractivity (Wildman–Crippen MR) is 83.6 cm³/mol. The van der Waals surface area contributed by atoms with Crippen molar-refractivity contribution in [2.75, 3.05) is 6.54 Å². The fraction of sp³-hybridized carbons (Fsp3) is 0.462. The average molecular weight is 328 g/mol. The fourth-order valence-electron chi connectivity index (χ4n) is 1.81. The van der Waals surface area contributed by atoms with Gasteiger partial charge in [-0.2, -0.15) is 5.10 Å². The first-order chi connectivity index (χ1) is 10.0. The zero-order chi connectivity index (χ0) is 15.3. The van der Waals surface area contributed by atoms with Crippen molar-refractivity contribution in [3.8, 4) is 0 Å². The second kappa shape index (κ2) is 7.17. The lowest BCUT2D eigenvalue weighted by Crippen LogP contribution is -2.22. The molecule has 2 rings (SSSR count). The van der Waals surface area contributed by atoms with Gasteiger partial charge in [-0.3, -0.25) is 4.68 Å². The molecule has 2 aromatic heterocycles. The normalized spacial score (nSPS) is 11.9. The quantitative estimate of drug-likeness (QED) is 0.719. The van der Waals surface area contributed by atoms with E-state index in [0.717, 1.165) is 23.4 Å². The second-order valence-corrected chi connectivity index (χ2v) is 7.54. The van der Waals surface area contributed by atoms with E-state index in [-0.39, 0.29) is 6.54 Å². The van der Waals surface area contributed by atoms with Crippen molar-refractivity contribution >= 4 is 21.4 Å². The van der Waals surface area contributed by atoms with Crippen molar-refractivity contribution in [3.05, 3.63) is 34.3 Å². The largest absolute Gasteiger partial charge is 0.312 e. The molecule has 116 valence electrons. The van der Waals surface area contributed by atoms with E-state index in [0.29, 0.717) is 11.4 Å². The van der Waals surface area contributed by atoms with Crippen LogP contribution in [-0.2, 0) is 30.2 Å². The van der Waals surface area contributed by atoms with Crippen molar-refractivity contribution in [1.82, 2.24) is 19.8 Å². The molecule has 6 nitrogen and oxygen atoms in total. The first-order valence-corrected chi connectivity index (χ1v) is 9.13. The number of hydrogen-bond acceptors (Lipinski definition) is 5. The van der Waals surface area contributed by atoms with Gasteiger partial charge in [-0.15, -0.1) is 11.3 Å². The number of thiophene rings is 1. The molecular formula is C13H20N4O2S2. The summed E-state index contributed by atoms with van der Waals surface area (Å²) in [7, 11) is -1.67. The van der Waals surface area contributed by atoms with Crippen molar-refractivity contribution in [2.24, 2.45) is 7.05 Å². The molecule has 0 unspecified atom stereocenters. The van der Waals surface area contributed by atoms with Crippen LogP contribution in [0.1, 0.15) is 23.8 Å². The van der Waals surface area contributed by atoms with Gasteiger partial charge in [0.25, 0.3) is 0 Å². The molecule has 0 saturated carbocycles. The van der Waals surface area contributed by atoms with Gasteiger partial charge in [0, 0.05) is 42.2 Å². The number of hydrogen-bond donors (Lipinski definition) is 2. The maximum atomic E-state index is 12.2. The summed E-state index contributed by atoms with van der Waals surface area (Å²) in [5.41, 5.74) is 0.834. The number of sulfonamides is 1. The molecule has 0 saturated heterocycles. The van der Waals surface area contributed by atoms with Crippen LogP contribution in [0.15, 0.2) is 28.7 Å². The molecule has 0 amide bonds. The van der Waals surface area contributed by atoms with Crippen molar-refractivity contribution in [1.29, 1.82) is 0 Å². The maximum Gasteiger partial charge on any atom is 0.241 e. The van der Waals surface area contributed by atoms with Gasteiger partial charge in [0.2, 0.25) is 10.0 Å². The molecule has 21 heavy (non-hydrogen) atoms. The third-order valence-corrected chi connectivity index (χ3v) is 5.36. The zero-order valence-electron chi connectivity index (χ0n) is 12.2. The second-order valence-electron chi connectivity index (χ2n) is 4.77. The third-order valence-electron chi connectivity index (χ3n) is 2.89. The molecular weight excluding hydrogens is 308 g/mol. The molecule has 0 spiro atoms. The summed E-state index contributed by atoms with van der Waals surface area (Å²) in [5.74, 6) is 0. The van der Waals surface area contributed by atoms with E-state index in [1.54, 1.807) is 35.6 Å². The van der Waals surface area contributed by atoms with Gasteiger partial charge in [0.05, 0.1) is 11.1 Å². The van der Waals surface area contributed by atoms with Crippen LogP contribution in [0.3, 0.4) is 0 Å². The minimum atomic E-state index is -3.46. The van der Waals surface area contributed by atoms with Gasteiger partial charge < -0.3 is 5.32 Å². The van der Waals surface area contributed by atoms with E-state index in [1.165, 1.54) is 11.3 Å². The summed E-state index contributed by atoms with van der Waals surface area (Å²) in [4.78, 5) is 1.34. The smallest absolute Gasteiger partial charge is 0.241 e. The Balaban J connectivity index is 1.95. The van der Waals surface area contributed by atoms with E-state index < -0.39 is 10.0 Å². The highest BCUT2D eigenvalue weighted by atomic mass is 32.2. The van der Waals surface area contributed by atoms with Crippen LogP contribution in [0.4, 0.5) is 0 Å². The predicted octanol–water partition coefficient (Wildman–Crippen LogP) is 1.46. The van der Waals surface area contributed by atoms with Gasteiger partial charge in [-0.25, -0.2) is 13.1 Å². The molecule has 0 aliphatic heterocycles. The number of nitrogens with one attached hydrogen (secondary N) is 2. The SMILES string of the molecule is CCCNCc1cc(S(=O)(=O)NCc2cnn(C)c2)cs1. The highest BCUT2D eigenvalue weighted by Gasteiger charge is 2.16. The first-order valence-electron chi connectivity index (χ1n) is 6.76. The van der Waals surface area contributed by atoms with Crippen LogP contribution in [0.2, 0.25) is 0 Å². The Morgan fingerprint density at radius 3 is 2.86 bits per heavy atom. The molecule has 0 aliphatic rings. The Labute approximate surface area is 129 Å². The van der Waals surface area contributed by atoms with Gasteiger partial charge >= 0.3 is 0 Å². The summed E-state index contributed by atoms with van der Waals surface area (Å²) in [6.07, 6.45) is 4.50. The van der Waals surface area contributed by atoms with E-state index in [1.807, 2.05) is 0 Å². The van der Waals surface area contributed by atoms with E-state index in [4.69, 9.17) is 0 Å². The molecule has 0 aliphatic carbocycles. The summed E-state index contributed by atoms with van der Waals surface area (Å²) >= 11 is 1.45. The summed E-state index contributed by atoms with van der Waals surface area (Å²) in [6.45, 7) is 3.98. The Bertz CT molecular complexity index is 676. The molecule has 0 bridgehead atoms. The van der Waals surface area contributed by atoms with Crippen LogP contribution in [0.5, 0.6) is 0 Å². The number of aromatic nitrogens is 2. The first kappa shape index (κ1) is 16.2. The van der Waals surface area contributed by atoms with E-state index in [9.17, 15) is 8.42 Å². The van der Waals surface area contributed by atoms with Gasteiger partial charge in [0.15, 0.2) is 0 Å². The highest BCUT2D eigenvalue weighted by molar-refractivity contribution is 7.89. The Morgan fingerprint density at radius 2 is 2.19 bits per heavy atom. The Hall–Kier alpha value is -1.22. The van der Waals surface area contributed by atoms with Gasteiger partial charge in [-0.05, 0) is 19.0 Å². The Morgan fingerprint density at radius 1 is 1.38 bits per heavy atom. The van der Waals surface area contributed by atoms with Crippen LogP contribution >= 0.6 is 11.3 Å². The molecule has 2 aromatic rings. The maximum absolute atomic E-state index is 12.2. The summed E-state index contributed by atoms with van der Waals surface area (Å²) in [6, 6.07) is 1.72. The van der Waals surface area contributed by atoms with Crippen LogP contribution in [0.25, 0.3) is 0 Å². The molecule has 0 radical (unpaired) electrons. The lowest BCUT2D eigenvalue weighted by Gasteiger charge is -2.03. The summed E-state index contributed by atoms with van der Waals surface area (Å²) < 4.78 is 28.6. The van der Waals surface area contributed by atoms with Gasteiger partial charge in [0.1, 0.15) is 0 Å². The van der Waals surface area contributed by atoms with E-state index in [2.05, 4.69) is 22.1 Å². The minimum absolute atomic E-state index is 0.245. The minimum Gasteiger partial charge on any atom is -0.312 e. The molecule has 0 aromatic carbocycles. The summed E-state index contributed by atoms with van der Waals surface area (Å²) in [5, 5.41) is 8.95. The zero-order valence-corrected chi connectivity index (χ0v) is 13.8. The van der Waals surface area contributed by atoms with Crippen molar-refractivity contribution < 1.29 is 8.42 Å². The highest BCUT2D eigenvalue weighted by Crippen LogP contribution is 2.19. The van der Waals surface area contributed by atoms with Crippen LogP contribution in [-0.4, -0.2) is 24.7 Å². The Kier molecular flexibility index (Phi) is 5.51. The fourth-order valence-corrected chi connectivity index (χ4v) is 4.07. The van der Waals surface area contributed by atoms with Crippen LogP contribution < -0.4 is 10.0 Å². The number of nitrogens with zero attached hydrogens (tertiary/aromatic N) is 2. The third kappa shape index (κ3) is 4.63. The molecule has 8 heteroatoms. The molecule has 2 heterocycles. The lowest BCUT2D eigenvalue weighted by atomic mass is 10.4. The number of aryl methyl sites for hydroxylation is 1. The molecule has 2 N–H and O–H groups in total. The molecule has 0 atom stereocenters. The average Bonchev–Trinajstić information content (AvgIpc) is 3.06.